The molecule has 84 valence electrons. The molecule has 2 N–H and O–H groups in total. The van der Waals surface area contributed by atoms with E-state index < -0.39 is 0 Å². The van der Waals surface area contributed by atoms with Crippen LogP contribution in [0.4, 0.5) is 0 Å². The summed E-state index contributed by atoms with van der Waals surface area (Å²) in [7, 11) is 1.59. The van der Waals surface area contributed by atoms with Crippen LogP contribution >= 0.6 is 11.6 Å². The molecular weight excluding hydrogens is 214 g/mol. The van der Waals surface area contributed by atoms with E-state index in [4.69, 9.17) is 21.4 Å². The van der Waals surface area contributed by atoms with Crippen molar-refractivity contribution in [1.82, 2.24) is 5.32 Å². The Bertz CT molecular complexity index is 315. The van der Waals surface area contributed by atoms with Gasteiger partial charge in [0.25, 0.3) is 0 Å². The molecule has 0 saturated heterocycles. The lowest BCUT2D eigenvalue weighted by Gasteiger charge is -2.08. The van der Waals surface area contributed by atoms with E-state index in [-0.39, 0.29) is 6.10 Å². The average molecular weight is 230 g/mol. The maximum absolute atomic E-state index is 9.06. The molecule has 0 fully saturated rings. The summed E-state index contributed by atoms with van der Waals surface area (Å²) < 4.78 is 5.05. The number of hydrogen-bond acceptors (Lipinski definition) is 3. The molecular formula is C11H16ClNO2. The quantitative estimate of drug-likeness (QED) is 0.810. The summed E-state index contributed by atoms with van der Waals surface area (Å²) in [6, 6.07) is 5.64. The number of aliphatic hydroxyl groups excluding tert-OH is 1. The van der Waals surface area contributed by atoms with Crippen molar-refractivity contribution in [2.45, 2.75) is 19.6 Å². The Morgan fingerprint density at radius 1 is 1.53 bits per heavy atom. The van der Waals surface area contributed by atoms with Crippen LogP contribution < -0.4 is 10.1 Å². The van der Waals surface area contributed by atoms with Crippen LogP contribution in [0.25, 0.3) is 0 Å². The molecule has 1 aromatic carbocycles. The van der Waals surface area contributed by atoms with Gasteiger partial charge in [-0.3, -0.25) is 0 Å². The zero-order valence-electron chi connectivity index (χ0n) is 8.96. The van der Waals surface area contributed by atoms with Gasteiger partial charge in [-0.05, 0) is 24.6 Å². The van der Waals surface area contributed by atoms with Crippen LogP contribution in [0.5, 0.6) is 5.75 Å². The van der Waals surface area contributed by atoms with Crippen molar-refractivity contribution in [3.05, 3.63) is 28.8 Å². The van der Waals surface area contributed by atoms with Crippen molar-refractivity contribution in [1.29, 1.82) is 0 Å². The highest BCUT2D eigenvalue weighted by Gasteiger charge is 2.01. The maximum Gasteiger partial charge on any atom is 0.137 e. The Morgan fingerprint density at radius 2 is 2.27 bits per heavy atom. The molecule has 0 heterocycles. The molecule has 1 atom stereocenters. The Kier molecular flexibility index (Phi) is 4.88. The number of halogens is 1. The Morgan fingerprint density at radius 3 is 2.80 bits per heavy atom. The first kappa shape index (κ1) is 12.3. The Labute approximate surface area is 95.0 Å². The van der Waals surface area contributed by atoms with E-state index in [9.17, 15) is 0 Å². The van der Waals surface area contributed by atoms with Gasteiger partial charge in [0.05, 0.1) is 18.2 Å². The topological polar surface area (TPSA) is 41.5 Å². The smallest absolute Gasteiger partial charge is 0.137 e. The van der Waals surface area contributed by atoms with E-state index in [1.54, 1.807) is 14.0 Å². The van der Waals surface area contributed by atoms with Crippen molar-refractivity contribution in [3.63, 3.8) is 0 Å². The summed E-state index contributed by atoms with van der Waals surface area (Å²) in [6.07, 6.45) is -0.335. The van der Waals surface area contributed by atoms with Gasteiger partial charge in [0.15, 0.2) is 0 Å². The fraction of sp³-hybridized carbons (Fsp3) is 0.455. The highest BCUT2D eigenvalue weighted by Crippen LogP contribution is 2.24. The van der Waals surface area contributed by atoms with Crippen LogP contribution in [-0.2, 0) is 6.54 Å². The third kappa shape index (κ3) is 4.08. The molecule has 1 aromatic rings. The number of nitrogens with one attached hydrogen (secondary N) is 1. The number of rotatable bonds is 5. The van der Waals surface area contributed by atoms with E-state index in [2.05, 4.69) is 5.32 Å². The second-order valence-electron chi connectivity index (χ2n) is 3.45. The predicted octanol–water partition coefficient (Wildman–Crippen LogP) is 1.82. The van der Waals surface area contributed by atoms with Crippen LogP contribution in [0, 0.1) is 0 Å². The van der Waals surface area contributed by atoms with Crippen LogP contribution in [0.15, 0.2) is 18.2 Å². The van der Waals surface area contributed by atoms with Gasteiger partial charge in [-0.15, -0.1) is 0 Å². The number of methoxy groups -OCH3 is 1. The summed E-state index contributed by atoms with van der Waals surface area (Å²) in [5, 5.41) is 12.8. The molecule has 0 amide bonds. The number of aliphatic hydroxyl groups is 1. The summed E-state index contributed by atoms with van der Waals surface area (Å²) >= 11 is 5.97. The second-order valence-corrected chi connectivity index (χ2v) is 3.86. The lowest BCUT2D eigenvalue weighted by Crippen LogP contribution is -2.23. The fourth-order valence-electron chi connectivity index (χ4n) is 1.25. The third-order valence-electron chi connectivity index (χ3n) is 1.99. The zero-order valence-corrected chi connectivity index (χ0v) is 9.71. The van der Waals surface area contributed by atoms with Crippen LogP contribution in [-0.4, -0.2) is 24.9 Å². The second kappa shape index (κ2) is 5.95. The summed E-state index contributed by atoms with van der Waals surface area (Å²) in [5.74, 6) is 0.677. The lowest BCUT2D eigenvalue weighted by molar-refractivity contribution is 0.191. The summed E-state index contributed by atoms with van der Waals surface area (Å²) in [6.45, 7) is 3.01. The minimum absolute atomic E-state index is 0.335. The van der Waals surface area contributed by atoms with Crippen molar-refractivity contribution in [3.8, 4) is 5.75 Å². The standard InChI is InChI=1S/C11H16ClNO2/c1-8(14)6-13-7-9-3-4-11(15-2)10(12)5-9/h3-5,8,13-14H,6-7H2,1-2H3/t8-/m1/s1. The van der Waals surface area contributed by atoms with Crippen LogP contribution in [0.2, 0.25) is 5.02 Å². The highest BCUT2D eigenvalue weighted by atomic mass is 35.5. The van der Waals surface area contributed by atoms with Gasteiger partial charge >= 0.3 is 0 Å². The molecule has 0 saturated carbocycles. The Hall–Kier alpha value is -0.770. The number of benzene rings is 1. The first-order valence-corrected chi connectivity index (χ1v) is 5.22. The maximum atomic E-state index is 9.06. The minimum atomic E-state index is -0.335. The van der Waals surface area contributed by atoms with E-state index in [0.29, 0.717) is 23.9 Å². The first-order chi connectivity index (χ1) is 7.13. The van der Waals surface area contributed by atoms with Gasteiger partial charge < -0.3 is 15.2 Å². The molecule has 4 heteroatoms. The lowest BCUT2D eigenvalue weighted by atomic mass is 10.2. The molecule has 0 aromatic heterocycles. The molecule has 0 aliphatic rings. The van der Waals surface area contributed by atoms with Crippen molar-refractivity contribution < 1.29 is 9.84 Å². The van der Waals surface area contributed by atoms with E-state index in [1.807, 2.05) is 18.2 Å². The third-order valence-corrected chi connectivity index (χ3v) is 2.28. The average Bonchev–Trinajstić information content (AvgIpc) is 2.17. The van der Waals surface area contributed by atoms with Crippen molar-refractivity contribution >= 4 is 11.6 Å². The van der Waals surface area contributed by atoms with Gasteiger partial charge in [0.2, 0.25) is 0 Å². The molecule has 0 spiro atoms. The van der Waals surface area contributed by atoms with Gasteiger partial charge in [0.1, 0.15) is 5.75 Å². The van der Waals surface area contributed by atoms with Gasteiger partial charge in [0, 0.05) is 13.1 Å². The fourth-order valence-corrected chi connectivity index (χ4v) is 1.53. The van der Waals surface area contributed by atoms with Gasteiger partial charge in [-0.25, -0.2) is 0 Å². The van der Waals surface area contributed by atoms with Crippen molar-refractivity contribution in [2.75, 3.05) is 13.7 Å². The van der Waals surface area contributed by atoms with E-state index in [1.165, 1.54) is 0 Å². The molecule has 0 radical (unpaired) electrons. The van der Waals surface area contributed by atoms with Crippen LogP contribution in [0.3, 0.4) is 0 Å². The minimum Gasteiger partial charge on any atom is -0.495 e. The monoisotopic (exact) mass is 229 g/mol. The highest BCUT2D eigenvalue weighted by molar-refractivity contribution is 6.32. The molecule has 0 unspecified atom stereocenters. The van der Waals surface area contributed by atoms with E-state index in [0.717, 1.165) is 5.56 Å². The molecule has 15 heavy (non-hydrogen) atoms. The molecule has 0 aliphatic heterocycles. The van der Waals surface area contributed by atoms with E-state index >= 15 is 0 Å². The first-order valence-electron chi connectivity index (χ1n) is 4.84. The molecule has 0 aliphatic carbocycles. The zero-order chi connectivity index (χ0) is 11.3. The van der Waals surface area contributed by atoms with Crippen molar-refractivity contribution in [2.24, 2.45) is 0 Å². The Balaban J connectivity index is 2.52. The largest absolute Gasteiger partial charge is 0.495 e. The SMILES string of the molecule is COc1ccc(CNC[C@@H](C)O)cc1Cl. The molecule has 3 nitrogen and oxygen atoms in total. The summed E-state index contributed by atoms with van der Waals surface area (Å²) in [4.78, 5) is 0. The summed E-state index contributed by atoms with van der Waals surface area (Å²) in [5.41, 5.74) is 1.07. The number of hydrogen-bond donors (Lipinski definition) is 2. The van der Waals surface area contributed by atoms with Gasteiger partial charge in [-0.1, -0.05) is 17.7 Å². The molecule has 0 bridgehead atoms. The predicted molar refractivity (Wildman–Crippen MR) is 61.4 cm³/mol. The number of ether oxygens (including phenoxy) is 1. The normalized spacial score (nSPS) is 12.5. The molecule has 1 rings (SSSR count). The van der Waals surface area contributed by atoms with Gasteiger partial charge in [-0.2, -0.15) is 0 Å². The van der Waals surface area contributed by atoms with Crippen LogP contribution in [0.1, 0.15) is 12.5 Å².